The van der Waals surface area contributed by atoms with Crippen LogP contribution in [0.15, 0.2) is 24.3 Å². The molecule has 0 amide bonds. The molecule has 0 aromatic carbocycles. The lowest BCUT2D eigenvalue weighted by Crippen LogP contribution is -2.02. The average molecular weight is 258 g/mol. The molecule has 0 N–H and O–H groups in total. The molecule has 0 spiro atoms. The highest BCUT2D eigenvalue weighted by Gasteiger charge is 2.35. The number of esters is 1. The van der Waals surface area contributed by atoms with Crippen LogP contribution >= 0.6 is 0 Å². The smallest absolute Gasteiger partial charge is 0.302 e. The molecule has 1 rings (SSSR count). The molecule has 100 valence electrons. The number of epoxide rings is 1. The van der Waals surface area contributed by atoms with Gasteiger partial charge in [0.1, 0.15) is 6.10 Å². The number of rotatable bonds is 5. The van der Waals surface area contributed by atoms with Crippen molar-refractivity contribution in [2.45, 2.75) is 38.9 Å². The van der Waals surface area contributed by atoms with Crippen LogP contribution in [0.4, 0.5) is 0 Å². The summed E-state index contributed by atoms with van der Waals surface area (Å²) in [6.45, 7) is 3.79. The van der Waals surface area contributed by atoms with Gasteiger partial charge in [0, 0.05) is 6.92 Å². The Kier molecular flexibility index (Phi) is 7.17. The third-order valence-electron chi connectivity index (χ3n) is 2.39. The summed E-state index contributed by atoms with van der Waals surface area (Å²) >= 11 is 0. The Morgan fingerprint density at radius 1 is 1.32 bits per heavy atom. The van der Waals surface area contributed by atoms with Gasteiger partial charge in [-0.05, 0) is 49.8 Å². The molecule has 1 aliphatic heterocycles. The Bertz CT molecular complexity index is 466. The monoisotopic (exact) mass is 258 g/mol. The normalized spacial score (nSPS) is 20.5. The maximum atomic E-state index is 10.5. The van der Waals surface area contributed by atoms with E-state index in [1.165, 1.54) is 6.92 Å². The van der Waals surface area contributed by atoms with E-state index < -0.39 is 0 Å². The summed E-state index contributed by atoms with van der Waals surface area (Å²) in [5.74, 6) is 10.8. The fraction of sp³-hybridized carbons (Fsp3) is 0.438. The summed E-state index contributed by atoms with van der Waals surface area (Å²) in [4.78, 5) is 10.5. The third-order valence-corrected chi connectivity index (χ3v) is 2.39. The Labute approximate surface area is 114 Å². The number of hydrogen-bond donors (Lipinski definition) is 0. The average Bonchev–Trinajstić information content (AvgIpc) is 3.12. The van der Waals surface area contributed by atoms with Gasteiger partial charge in [0.15, 0.2) is 0 Å². The summed E-state index contributed by atoms with van der Waals surface area (Å²) in [6, 6.07) is 0. The highest BCUT2D eigenvalue weighted by molar-refractivity contribution is 5.65. The first-order valence-electron chi connectivity index (χ1n) is 6.31. The minimum atomic E-state index is -0.234. The molecule has 2 atom stereocenters. The maximum absolute atomic E-state index is 10.5. The highest BCUT2D eigenvalue weighted by Crippen LogP contribution is 2.27. The van der Waals surface area contributed by atoms with Crippen LogP contribution in [0.25, 0.3) is 0 Å². The van der Waals surface area contributed by atoms with Crippen LogP contribution in [0.3, 0.4) is 0 Å². The van der Waals surface area contributed by atoms with Gasteiger partial charge in [-0.2, -0.15) is 0 Å². The van der Waals surface area contributed by atoms with Crippen molar-refractivity contribution in [2.24, 2.45) is 0 Å². The molecule has 1 heterocycles. The molecule has 1 aliphatic rings. The van der Waals surface area contributed by atoms with Gasteiger partial charge in [0.2, 0.25) is 0 Å². The Balaban J connectivity index is 2.10. The van der Waals surface area contributed by atoms with Crippen molar-refractivity contribution in [3.05, 3.63) is 24.3 Å². The molecule has 0 aromatic heterocycles. The van der Waals surface area contributed by atoms with Crippen LogP contribution in [0.5, 0.6) is 0 Å². The zero-order valence-electron chi connectivity index (χ0n) is 11.3. The van der Waals surface area contributed by atoms with Gasteiger partial charge in [0.05, 0.1) is 12.7 Å². The first-order valence-corrected chi connectivity index (χ1v) is 6.31. The fourth-order valence-electron chi connectivity index (χ4n) is 1.44. The van der Waals surface area contributed by atoms with E-state index in [2.05, 4.69) is 23.7 Å². The van der Waals surface area contributed by atoms with Crippen LogP contribution in [0.2, 0.25) is 0 Å². The van der Waals surface area contributed by atoms with Crippen molar-refractivity contribution < 1.29 is 14.3 Å². The Morgan fingerprint density at radius 2 is 2.05 bits per heavy atom. The Morgan fingerprint density at radius 3 is 2.74 bits per heavy atom. The van der Waals surface area contributed by atoms with Crippen molar-refractivity contribution in [2.75, 3.05) is 6.61 Å². The zero-order valence-corrected chi connectivity index (χ0v) is 11.3. The molecule has 3 nitrogen and oxygen atoms in total. The second kappa shape index (κ2) is 9.03. The molecule has 1 saturated heterocycles. The second-order valence-electron chi connectivity index (χ2n) is 4.02. The quantitative estimate of drug-likeness (QED) is 0.328. The fourth-order valence-corrected chi connectivity index (χ4v) is 1.44. The summed E-state index contributed by atoms with van der Waals surface area (Å²) in [7, 11) is 0. The van der Waals surface area contributed by atoms with Crippen molar-refractivity contribution in [3.63, 3.8) is 0 Å². The molecule has 0 saturated carbocycles. The summed E-state index contributed by atoms with van der Waals surface area (Å²) in [5, 5.41) is 0. The van der Waals surface area contributed by atoms with Gasteiger partial charge in [-0.15, -0.1) is 0 Å². The van der Waals surface area contributed by atoms with Gasteiger partial charge in [-0.1, -0.05) is 17.9 Å². The van der Waals surface area contributed by atoms with E-state index >= 15 is 0 Å². The molecule has 3 heteroatoms. The van der Waals surface area contributed by atoms with Crippen LogP contribution in [-0.2, 0) is 14.3 Å². The predicted octanol–water partition coefficient (Wildman–Crippen LogP) is 2.24. The van der Waals surface area contributed by atoms with Crippen LogP contribution in [-0.4, -0.2) is 24.8 Å². The van der Waals surface area contributed by atoms with Crippen LogP contribution < -0.4 is 0 Å². The number of carbonyl (C=O) groups is 1. The molecule has 19 heavy (non-hydrogen) atoms. The molecule has 0 aliphatic carbocycles. The lowest BCUT2D eigenvalue weighted by Gasteiger charge is -1.98. The molecule has 0 aromatic rings. The van der Waals surface area contributed by atoms with E-state index in [4.69, 9.17) is 9.47 Å². The van der Waals surface area contributed by atoms with Crippen LogP contribution in [0, 0.1) is 23.7 Å². The van der Waals surface area contributed by atoms with Gasteiger partial charge in [-0.3, -0.25) is 4.79 Å². The topological polar surface area (TPSA) is 38.8 Å². The van der Waals surface area contributed by atoms with Gasteiger partial charge < -0.3 is 9.47 Å². The largest absolute Gasteiger partial charge is 0.466 e. The number of allylic oxidation sites excluding steroid dienone is 3. The summed E-state index contributed by atoms with van der Waals surface area (Å²) < 4.78 is 10.3. The van der Waals surface area contributed by atoms with Crippen molar-refractivity contribution >= 4 is 5.97 Å². The second-order valence-corrected chi connectivity index (χ2v) is 4.02. The predicted molar refractivity (Wildman–Crippen MR) is 74.0 cm³/mol. The van der Waals surface area contributed by atoms with Crippen molar-refractivity contribution in [1.29, 1.82) is 0 Å². The minimum Gasteiger partial charge on any atom is -0.466 e. The maximum Gasteiger partial charge on any atom is 0.302 e. The molecular weight excluding hydrogens is 240 g/mol. The van der Waals surface area contributed by atoms with Crippen LogP contribution in [0.1, 0.15) is 26.7 Å². The van der Waals surface area contributed by atoms with E-state index in [0.29, 0.717) is 6.61 Å². The lowest BCUT2D eigenvalue weighted by atomic mass is 10.2. The summed E-state index contributed by atoms with van der Waals surface area (Å²) in [6.07, 6.45) is 9.43. The summed E-state index contributed by atoms with van der Waals surface area (Å²) in [5.41, 5.74) is 0. The van der Waals surface area contributed by atoms with Crippen molar-refractivity contribution in [1.82, 2.24) is 0 Å². The van der Waals surface area contributed by atoms with Gasteiger partial charge in [0.25, 0.3) is 0 Å². The van der Waals surface area contributed by atoms with E-state index in [9.17, 15) is 4.79 Å². The number of ether oxygens (including phenoxy) is 2. The van der Waals surface area contributed by atoms with E-state index in [1.54, 1.807) is 12.2 Å². The van der Waals surface area contributed by atoms with E-state index in [1.807, 2.05) is 19.1 Å². The Hall–Kier alpha value is -1.97. The number of hydrogen-bond acceptors (Lipinski definition) is 3. The van der Waals surface area contributed by atoms with Crippen molar-refractivity contribution in [3.8, 4) is 23.7 Å². The van der Waals surface area contributed by atoms with E-state index in [-0.39, 0.29) is 18.2 Å². The standard InChI is InChI=1S/C16H18O3/c1-3-4-5-6-7-8-9-11-15-16(19-15)12-10-13-18-14(2)17/h3-4,9,11,15-16H,10,12-13H2,1-2H3/b4-3+,11-9+/t15-,16-/m1/s1. The van der Waals surface area contributed by atoms with Gasteiger partial charge in [-0.25, -0.2) is 0 Å². The molecule has 0 bridgehead atoms. The van der Waals surface area contributed by atoms with Gasteiger partial charge >= 0.3 is 5.97 Å². The molecule has 0 radical (unpaired) electrons. The lowest BCUT2D eigenvalue weighted by molar-refractivity contribution is -0.141. The molecule has 0 unspecified atom stereocenters. The minimum absolute atomic E-state index is 0.148. The zero-order chi connectivity index (χ0) is 13.9. The SMILES string of the molecule is C/C=C/C#CC#C/C=C/[C@H]1O[C@@H]1CCCOC(C)=O. The number of carbonyl (C=O) groups excluding carboxylic acids is 1. The highest BCUT2D eigenvalue weighted by atomic mass is 16.6. The molecular formula is C16H18O3. The third kappa shape index (κ3) is 7.86. The molecule has 1 fully saturated rings. The first kappa shape index (κ1) is 15.1. The van der Waals surface area contributed by atoms with E-state index in [0.717, 1.165) is 12.8 Å². The first-order chi connectivity index (χ1) is 9.24.